The third-order valence-electron chi connectivity index (χ3n) is 3.29. The van der Waals surface area contributed by atoms with Crippen LogP contribution in [0.15, 0.2) is 53.2 Å². The molecule has 1 N–H and O–H groups in total. The van der Waals surface area contributed by atoms with Gasteiger partial charge in [-0.3, -0.25) is 0 Å². The average molecular weight is 317 g/mol. The average Bonchev–Trinajstić information content (AvgIpc) is 3.16. The minimum atomic E-state index is -0.115. The van der Waals surface area contributed by atoms with E-state index in [1.165, 1.54) is 21.4 Å². The fourth-order valence-electron chi connectivity index (χ4n) is 2.18. The molecule has 3 rings (SSSR count). The molecule has 0 aliphatic heterocycles. The Morgan fingerprint density at radius 3 is 2.76 bits per heavy atom. The highest BCUT2D eigenvalue weighted by Gasteiger charge is 2.04. The summed E-state index contributed by atoms with van der Waals surface area (Å²) in [4.78, 5) is 2.62. The lowest BCUT2D eigenvalue weighted by Crippen LogP contribution is -2.16. The Balaban J connectivity index is 1.49. The van der Waals surface area contributed by atoms with Gasteiger partial charge in [-0.1, -0.05) is 24.3 Å². The monoisotopic (exact) mass is 317 g/mol. The highest BCUT2D eigenvalue weighted by Crippen LogP contribution is 2.29. The molecule has 108 valence electrons. The van der Waals surface area contributed by atoms with Crippen LogP contribution in [0.1, 0.15) is 10.4 Å². The van der Waals surface area contributed by atoms with Gasteiger partial charge in [-0.05, 0) is 47.5 Å². The van der Waals surface area contributed by atoms with Crippen molar-refractivity contribution in [2.45, 2.75) is 13.0 Å². The van der Waals surface area contributed by atoms with Gasteiger partial charge in [0.25, 0.3) is 0 Å². The molecule has 0 spiro atoms. The van der Waals surface area contributed by atoms with Gasteiger partial charge < -0.3 is 5.32 Å². The van der Waals surface area contributed by atoms with Crippen LogP contribution in [-0.2, 0) is 13.0 Å². The molecular formula is C17H16FNS2. The molecule has 0 saturated heterocycles. The minimum absolute atomic E-state index is 0.115. The molecule has 2 heterocycles. The lowest BCUT2D eigenvalue weighted by Gasteiger charge is -2.04. The highest BCUT2D eigenvalue weighted by molar-refractivity contribution is 7.14. The standard InChI is InChI=1S/C17H16FNS2/c18-16-5-2-1-4-13(16)7-8-19-11-15-10-14(12-21-15)17-6-3-9-20-17/h1-6,9-10,12,19H,7-8,11H2. The second-order valence-electron chi connectivity index (χ2n) is 4.80. The van der Waals surface area contributed by atoms with E-state index in [1.54, 1.807) is 28.7 Å². The topological polar surface area (TPSA) is 12.0 Å². The molecule has 1 aromatic carbocycles. The maximum Gasteiger partial charge on any atom is 0.126 e. The van der Waals surface area contributed by atoms with Gasteiger partial charge in [0.2, 0.25) is 0 Å². The summed E-state index contributed by atoms with van der Waals surface area (Å²) in [6, 6.07) is 13.4. The quantitative estimate of drug-likeness (QED) is 0.634. The maximum atomic E-state index is 13.5. The van der Waals surface area contributed by atoms with Crippen molar-refractivity contribution >= 4 is 22.7 Å². The van der Waals surface area contributed by atoms with E-state index in [4.69, 9.17) is 0 Å². The van der Waals surface area contributed by atoms with Crippen molar-refractivity contribution in [3.8, 4) is 10.4 Å². The zero-order valence-corrected chi connectivity index (χ0v) is 13.1. The molecule has 0 radical (unpaired) electrons. The molecule has 0 fully saturated rings. The first kappa shape index (κ1) is 14.4. The number of hydrogen-bond donors (Lipinski definition) is 1. The van der Waals surface area contributed by atoms with Crippen LogP contribution in [0.2, 0.25) is 0 Å². The van der Waals surface area contributed by atoms with Gasteiger partial charge >= 0.3 is 0 Å². The zero-order valence-electron chi connectivity index (χ0n) is 11.5. The van der Waals surface area contributed by atoms with Crippen LogP contribution in [0, 0.1) is 5.82 Å². The summed E-state index contributed by atoms with van der Waals surface area (Å²) in [5.41, 5.74) is 2.07. The van der Waals surface area contributed by atoms with Crippen molar-refractivity contribution in [2.24, 2.45) is 0 Å². The third kappa shape index (κ3) is 3.79. The van der Waals surface area contributed by atoms with E-state index < -0.39 is 0 Å². The number of hydrogen-bond acceptors (Lipinski definition) is 3. The van der Waals surface area contributed by atoms with E-state index in [2.05, 4.69) is 34.3 Å². The molecule has 0 unspecified atom stereocenters. The lowest BCUT2D eigenvalue weighted by molar-refractivity contribution is 0.598. The molecule has 0 amide bonds. The van der Waals surface area contributed by atoms with E-state index in [0.717, 1.165) is 25.1 Å². The number of nitrogens with one attached hydrogen (secondary N) is 1. The summed E-state index contributed by atoms with van der Waals surface area (Å²) in [5, 5.41) is 7.67. The van der Waals surface area contributed by atoms with Gasteiger partial charge in [0.1, 0.15) is 5.82 Å². The Labute approximate surface area is 132 Å². The molecule has 0 aliphatic rings. The maximum absolute atomic E-state index is 13.5. The van der Waals surface area contributed by atoms with Gasteiger partial charge in [0, 0.05) is 21.9 Å². The second-order valence-corrected chi connectivity index (χ2v) is 6.74. The molecule has 0 aliphatic carbocycles. The number of benzene rings is 1. The van der Waals surface area contributed by atoms with E-state index >= 15 is 0 Å². The third-order valence-corrected chi connectivity index (χ3v) is 5.14. The van der Waals surface area contributed by atoms with Crippen molar-refractivity contribution in [2.75, 3.05) is 6.54 Å². The Hall–Kier alpha value is -1.49. The smallest absolute Gasteiger partial charge is 0.126 e. The Morgan fingerprint density at radius 1 is 1.05 bits per heavy atom. The largest absolute Gasteiger partial charge is 0.312 e. The number of rotatable bonds is 6. The molecule has 0 saturated carbocycles. The van der Waals surface area contributed by atoms with Gasteiger partial charge in [0.05, 0.1) is 0 Å². The molecule has 1 nitrogen and oxygen atoms in total. The fourth-order valence-corrected chi connectivity index (χ4v) is 3.82. The van der Waals surface area contributed by atoms with Crippen LogP contribution >= 0.6 is 22.7 Å². The summed E-state index contributed by atoms with van der Waals surface area (Å²) < 4.78 is 13.5. The molecule has 0 bridgehead atoms. The Morgan fingerprint density at radius 2 is 1.95 bits per heavy atom. The summed E-state index contributed by atoms with van der Waals surface area (Å²) in [5.74, 6) is -0.115. The molecular weight excluding hydrogens is 301 g/mol. The first-order valence-corrected chi connectivity index (χ1v) is 8.64. The van der Waals surface area contributed by atoms with E-state index in [0.29, 0.717) is 0 Å². The molecule has 0 atom stereocenters. The summed E-state index contributed by atoms with van der Waals surface area (Å²) >= 11 is 3.53. The van der Waals surface area contributed by atoms with Crippen LogP contribution in [-0.4, -0.2) is 6.54 Å². The van der Waals surface area contributed by atoms with Gasteiger partial charge in [0.15, 0.2) is 0 Å². The van der Waals surface area contributed by atoms with Crippen LogP contribution < -0.4 is 5.32 Å². The SMILES string of the molecule is Fc1ccccc1CCNCc1cc(-c2cccs2)cs1. The normalized spacial score (nSPS) is 10.9. The Kier molecular flexibility index (Phi) is 4.80. The van der Waals surface area contributed by atoms with Crippen molar-refractivity contribution in [1.82, 2.24) is 5.32 Å². The zero-order chi connectivity index (χ0) is 14.5. The minimum Gasteiger partial charge on any atom is -0.312 e. The summed E-state index contributed by atoms with van der Waals surface area (Å²) in [6.07, 6.45) is 0.718. The van der Waals surface area contributed by atoms with E-state index in [1.807, 2.05) is 12.1 Å². The predicted octanol–water partition coefficient (Wildman–Crippen LogP) is 4.95. The fraction of sp³-hybridized carbons (Fsp3) is 0.176. The number of thiophene rings is 2. The van der Waals surface area contributed by atoms with Gasteiger partial charge in [-0.25, -0.2) is 4.39 Å². The molecule has 21 heavy (non-hydrogen) atoms. The van der Waals surface area contributed by atoms with E-state index in [-0.39, 0.29) is 5.82 Å². The highest BCUT2D eigenvalue weighted by atomic mass is 32.1. The van der Waals surface area contributed by atoms with Crippen LogP contribution in [0.5, 0.6) is 0 Å². The van der Waals surface area contributed by atoms with Crippen molar-refractivity contribution < 1.29 is 4.39 Å². The molecule has 2 aromatic heterocycles. The van der Waals surface area contributed by atoms with Crippen LogP contribution in [0.25, 0.3) is 10.4 Å². The molecule has 4 heteroatoms. The number of halogens is 1. The summed E-state index contributed by atoms with van der Waals surface area (Å²) in [7, 11) is 0. The van der Waals surface area contributed by atoms with Gasteiger partial charge in [-0.15, -0.1) is 22.7 Å². The molecule has 3 aromatic rings. The van der Waals surface area contributed by atoms with Crippen molar-refractivity contribution in [3.63, 3.8) is 0 Å². The lowest BCUT2D eigenvalue weighted by atomic mass is 10.1. The second kappa shape index (κ2) is 6.98. The summed E-state index contributed by atoms with van der Waals surface area (Å²) in [6.45, 7) is 1.62. The van der Waals surface area contributed by atoms with Crippen molar-refractivity contribution in [3.05, 3.63) is 69.5 Å². The van der Waals surface area contributed by atoms with E-state index in [9.17, 15) is 4.39 Å². The van der Waals surface area contributed by atoms with Crippen LogP contribution in [0.3, 0.4) is 0 Å². The van der Waals surface area contributed by atoms with Crippen LogP contribution in [0.4, 0.5) is 4.39 Å². The predicted molar refractivity (Wildman–Crippen MR) is 89.4 cm³/mol. The Bertz CT molecular complexity index is 688. The first-order valence-electron chi connectivity index (χ1n) is 6.88. The van der Waals surface area contributed by atoms with Gasteiger partial charge in [-0.2, -0.15) is 0 Å². The first-order chi connectivity index (χ1) is 10.3. The van der Waals surface area contributed by atoms with Crippen molar-refractivity contribution in [1.29, 1.82) is 0 Å².